The van der Waals surface area contributed by atoms with Crippen LogP contribution in [-0.2, 0) is 10.4 Å². The Labute approximate surface area is 138 Å². The number of carbonyl (C=O) groups is 2. The molecule has 1 aliphatic heterocycles. The molecule has 1 aromatic heterocycles. The fourth-order valence-corrected chi connectivity index (χ4v) is 3.03. The first-order chi connectivity index (χ1) is 11.0. The highest BCUT2D eigenvalue weighted by atomic mass is 35.5. The minimum atomic E-state index is -1.91. The van der Waals surface area contributed by atoms with Crippen LogP contribution in [0.2, 0.25) is 5.02 Å². The lowest BCUT2D eigenvalue weighted by Crippen LogP contribution is -2.41. The van der Waals surface area contributed by atoms with Crippen molar-refractivity contribution < 1.29 is 14.7 Å². The van der Waals surface area contributed by atoms with E-state index in [1.165, 1.54) is 17.2 Å². The van der Waals surface area contributed by atoms with E-state index in [0.717, 1.165) is 0 Å². The van der Waals surface area contributed by atoms with Crippen LogP contribution in [0.15, 0.2) is 42.6 Å². The summed E-state index contributed by atoms with van der Waals surface area (Å²) in [6.07, 6.45) is 1.13. The van der Waals surface area contributed by atoms with E-state index in [1.807, 2.05) is 6.92 Å². The Kier molecular flexibility index (Phi) is 3.92. The molecule has 23 heavy (non-hydrogen) atoms. The maximum absolute atomic E-state index is 12.7. The number of ketones is 1. The van der Waals surface area contributed by atoms with Gasteiger partial charge in [0.05, 0.1) is 12.1 Å². The molecule has 6 heteroatoms. The van der Waals surface area contributed by atoms with E-state index in [9.17, 15) is 14.7 Å². The van der Waals surface area contributed by atoms with E-state index in [4.69, 9.17) is 11.6 Å². The summed E-state index contributed by atoms with van der Waals surface area (Å²) in [6, 6.07) is 9.81. The van der Waals surface area contributed by atoms with Crippen LogP contribution in [-0.4, -0.2) is 28.3 Å². The maximum atomic E-state index is 12.7. The van der Waals surface area contributed by atoms with Crippen molar-refractivity contribution >= 4 is 29.0 Å². The zero-order valence-electron chi connectivity index (χ0n) is 12.5. The summed E-state index contributed by atoms with van der Waals surface area (Å²) in [7, 11) is 0. The number of rotatable bonds is 4. The van der Waals surface area contributed by atoms with E-state index in [1.54, 1.807) is 30.3 Å². The number of hydrogen-bond donors (Lipinski definition) is 1. The van der Waals surface area contributed by atoms with Crippen LogP contribution < -0.4 is 4.90 Å². The number of aliphatic hydroxyl groups is 1. The number of nitrogens with zero attached hydrogens (tertiary/aromatic N) is 2. The second-order valence-electron chi connectivity index (χ2n) is 5.39. The third kappa shape index (κ3) is 2.52. The second kappa shape index (κ2) is 5.76. The van der Waals surface area contributed by atoms with Crippen LogP contribution in [0.3, 0.4) is 0 Å². The molecular weight excluding hydrogens is 316 g/mol. The van der Waals surface area contributed by atoms with E-state index in [0.29, 0.717) is 22.8 Å². The minimum absolute atomic E-state index is 0.215. The van der Waals surface area contributed by atoms with Crippen molar-refractivity contribution in [2.45, 2.75) is 18.9 Å². The van der Waals surface area contributed by atoms with Gasteiger partial charge in [-0.05, 0) is 37.3 Å². The van der Waals surface area contributed by atoms with Crippen molar-refractivity contribution in [3.05, 3.63) is 58.9 Å². The van der Waals surface area contributed by atoms with Gasteiger partial charge in [-0.3, -0.25) is 14.6 Å². The van der Waals surface area contributed by atoms with Gasteiger partial charge in [-0.15, -0.1) is 0 Å². The van der Waals surface area contributed by atoms with E-state index < -0.39 is 17.3 Å². The third-order valence-corrected chi connectivity index (χ3v) is 4.21. The Morgan fingerprint density at radius 2 is 2.13 bits per heavy atom. The van der Waals surface area contributed by atoms with Gasteiger partial charge < -0.3 is 10.0 Å². The lowest BCUT2D eigenvalue weighted by atomic mass is 9.89. The highest BCUT2D eigenvalue weighted by Gasteiger charge is 2.50. The quantitative estimate of drug-likeness (QED) is 0.875. The molecule has 1 amide bonds. The molecule has 0 aliphatic carbocycles. The molecule has 2 aromatic rings. The van der Waals surface area contributed by atoms with E-state index >= 15 is 0 Å². The van der Waals surface area contributed by atoms with Gasteiger partial charge in [-0.25, -0.2) is 0 Å². The number of benzene rings is 1. The Balaban J connectivity index is 2.02. The lowest BCUT2D eigenvalue weighted by Gasteiger charge is -2.21. The van der Waals surface area contributed by atoms with Crippen LogP contribution in [0.5, 0.6) is 0 Å². The first kappa shape index (κ1) is 15.6. The van der Waals surface area contributed by atoms with Crippen molar-refractivity contribution in [2.75, 3.05) is 11.4 Å². The molecule has 0 spiro atoms. The molecule has 0 saturated heterocycles. The molecule has 1 atom stereocenters. The number of anilines is 1. The molecule has 0 fully saturated rings. The van der Waals surface area contributed by atoms with E-state index in [-0.39, 0.29) is 12.1 Å². The fourth-order valence-electron chi connectivity index (χ4n) is 2.86. The number of aromatic nitrogens is 1. The predicted molar refractivity (Wildman–Crippen MR) is 86.6 cm³/mol. The van der Waals surface area contributed by atoms with Crippen molar-refractivity contribution in [3.8, 4) is 0 Å². The number of pyridine rings is 1. The van der Waals surface area contributed by atoms with Crippen molar-refractivity contribution in [1.82, 2.24) is 4.98 Å². The zero-order valence-corrected chi connectivity index (χ0v) is 13.2. The van der Waals surface area contributed by atoms with Gasteiger partial charge >= 0.3 is 0 Å². The number of amides is 1. The van der Waals surface area contributed by atoms with Gasteiger partial charge in [0.1, 0.15) is 5.69 Å². The SMILES string of the molecule is CCN1C(=O)C(O)(CC(=O)c2ccccn2)c2cc(Cl)ccc21. The fraction of sp³-hybridized carbons (Fsp3) is 0.235. The van der Waals surface area contributed by atoms with Crippen molar-refractivity contribution in [3.63, 3.8) is 0 Å². The smallest absolute Gasteiger partial charge is 0.264 e. The first-order valence-electron chi connectivity index (χ1n) is 7.26. The molecule has 2 heterocycles. The van der Waals surface area contributed by atoms with Crippen molar-refractivity contribution in [2.24, 2.45) is 0 Å². The summed E-state index contributed by atoms with van der Waals surface area (Å²) in [4.78, 5) is 30.5. The Bertz CT molecular complexity index is 779. The predicted octanol–water partition coefficient (Wildman–Crippen LogP) is 2.56. The molecule has 1 unspecified atom stereocenters. The van der Waals surface area contributed by atoms with Gasteiger partial charge in [-0.1, -0.05) is 17.7 Å². The number of fused-ring (bicyclic) bond motifs is 1. The number of likely N-dealkylation sites (N-methyl/N-ethyl adjacent to an activating group) is 1. The van der Waals surface area contributed by atoms with E-state index in [2.05, 4.69) is 4.98 Å². The Hall–Kier alpha value is -2.24. The highest BCUT2D eigenvalue weighted by molar-refractivity contribution is 6.31. The number of carbonyl (C=O) groups excluding carboxylic acids is 2. The van der Waals surface area contributed by atoms with Crippen LogP contribution in [0, 0.1) is 0 Å². The van der Waals surface area contributed by atoms with Crippen molar-refractivity contribution in [1.29, 1.82) is 0 Å². The Morgan fingerprint density at radius 1 is 1.35 bits per heavy atom. The monoisotopic (exact) mass is 330 g/mol. The molecule has 1 aromatic carbocycles. The maximum Gasteiger partial charge on any atom is 0.264 e. The van der Waals surface area contributed by atoms with Crippen LogP contribution in [0.25, 0.3) is 0 Å². The summed E-state index contributed by atoms with van der Waals surface area (Å²) in [5.41, 5.74) is -0.753. The van der Waals surface area contributed by atoms with Crippen LogP contribution >= 0.6 is 11.6 Å². The van der Waals surface area contributed by atoms with Crippen LogP contribution in [0.4, 0.5) is 5.69 Å². The normalized spacial score (nSPS) is 19.8. The Morgan fingerprint density at radius 3 is 2.78 bits per heavy atom. The molecule has 5 nitrogen and oxygen atoms in total. The summed E-state index contributed by atoms with van der Waals surface area (Å²) in [5.74, 6) is -0.910. The molecular formula is C17H15ClN2O3. The molecule has 118 valence electrons. The van der Waals surface area contributed by atoms with Gasteiger partial charge in [0, 0.05) is 23.3 Å². The van der Waals surface area contributed by atoms with Gasteiger partial charge in [0.25, 0.3) is 5.91 Å². The summed E-state index contributed by atoms with van der Waals surface area (Å²) >= 11 is 6.00. The molecule has 1 N–H and O–H groups in total. The summed E-state index contributed by atoms with van der Waals surface area (Å²) < 4.78 is 0. The molecule has 0 saturated carbocycles. The van der Waals surface area contributed by atoms with Crippen LogP contribution in [0.1, 0.15) is 29.4 Å². The number of Topliss-reactive ketones (excluding diaryl/α,β-unsaturated/α-hetero) is 1. The third-order valence-electron chi connectivity index (χ3n) is 3.98. The number of hydrogen-bond acceptors (Lipinski definition) is 4. The van der Waals surface area contributed by atoms with Gasteiger partial charge in [0.15, 0.2) is 11.4 Å². The second-order valence-corrected chi connectivity index (χ2v) is 5.82. The molecule has 0 radical (unpaired) electrons. The minimum Gasteiger partial charge on any atom is -0.375 e. The molecule has 3 rings (SSSR count). The summed E-state index contributed by atoms with van der Waals surface area (Å²) in [5, 5.41) is 11.4. The largest absolute Gasteiger partial charge is 0.375 e. The lowest BCUT2D eigenvalue weighted by molar-refractivity contribution is -0.135. The van der Waals surface area contributed by atoms with Gasteiger partial charge in [-0.2, -0.15) is 0 Å². The molecule has 0 bridgehead atoms. The number of halogens is 1. The topological polar surface area (TPSA) is 70.5 Å². The zero-order chi connectivity index (χ0) is 16.6. The average Bonchev–Trinajstić information content (AvgIpc) is 2.76. The summed E-state index contributed by atoms with van der Waals surface area (Å²) in [6.45, 7) is 2.20. The molecule has 1 aliphatic rings. The standard InChI is InChI=1S/C17H15ClN2O3/c1-2-20-14-7-6-11(18)9-12(14)17(23,16(20)22)10-15(21)13-5-3-4-8-19-13/h3-9,23H,2,10H2,1H3. The first-order valence-corrected chi connectivity index (χ1v) is 7.63. The average molecular weight is 331 g/mol. The van der Waals surface area contributed by atoms with Gasteiger partial charge in [0.2, 0.25) is 0 Å². The highest BCUT2D eigenvalue weighted by Crippen LogP contribution is 2.43.